The molecule has 2 aliphatic rings. The molecule has 9 nitrogen and oxygen atoms in total. The van der Waals surface area contributed by atoms with Crippen molar-refractivity contribution in [2.45, 2.75) is 47.1 Å². The van der Waals surface area contributed by atoms with Gasteiger partial charge in [0.05, 0.1) is 16.4 Å². The Bertz CT molecular complexity index is 1490. The SMILES string of the molecule is CC(C)(C)C(=O)Oc1ccc2c(c1)Oc1cc(OC(=O)C(C)(C)C)ccc1C21OC(=O)c2cc(OC=O)ccc21. The zero-order valence-electron chi connectivity index (χ0n) is 22.9. The monoisotopic (exact) mass is 544 g/mol. The third-order valence-electron chi connectivity index (χ3n) is 6.55. The van der Waals surface area contributed by atoms with E-state index >= 15 is 0 Å². The third kappa shape index (κ3) is 4.47. The summed E-state index contributed by atoms with van der Waals surface area (Å²) in [5.74, 6) is -0.274. The minimum absolute atomic E-state index is 0.184. The largest absolute Gasteiger partial charge is 0.456 e. The molecule has 0 bridgehead atoms. The normalized spacial score (nSPS) is 14.7. The van der Waals surface area contributed by atoms with Crippen LogP contribution in [0.4, 0.5) is 0 Å². The van der Waals surface area contributed by atoms with Gasteiger partial charge in [0.1, 0.15) is 28.7 Å². The van der Waals surface area contributed by atoms with E-state index in [1.165, 1.54) is 6.07 Å². The molecule has 0 saturated carbocycles. The number of carbonyl (C=O) groups excluding carboxylic acids is 4. The molecule has 0 unspecified atom stereocenters. The predicted octanol–water partition coefficient (Wildman–Crippen LogP) is 5.69. The molecule has 40 heavy (non-hydrogen) atoms. The molecule has 3 aromatic carbocycles. The van der Waals surface area contributed by atoms with E-state index < -0.39 is 34.3 Å². The molecule has 0 atom stereocenters. The molecule has 206 valence electrons. The van der Waals surface area contributed by atoms with Crippen molar-refractivity contribution >= 4 is 24.4 Å². The number of rotatable bonds is 4. The minimum atomic E-state index is -1.44. The van der Waals surface area contributed by atoms with Crippen molar-refractivity contribution in [1.82, 2.24) is 0 Å². The fraction of sp³-hybridized carbons (Fsp3) is 0.290. The van der Waals surface area contributed by atoms with Crippen LogP contribution in [0, 0.1) is 10.8 Å². The van der Waals surface area contributed by atoms with Crippen LogP contribution >= 0.6 is 0 Å². The van der Waals surface area contributed by atoms with Gasteiger partial charge >= 0.3 is 17.9 Å². The molecule has 9 heteroatoms. The van der Waals surface area contributed by atoms with E-state index in [0.717, 1.165) is 0 Å². The molecule has 5 rings (SSSR count). The summed E-state index contributed by atoms with van der Waals surface area (Å²) < 4.78 is 28.5. The number of hydrogen-bond donors (Lipinski definition) is 0. The lowest BCUT2D eigenvalue weighted by molar-refractivity contribution is -0.143. The summed E-state index contributed by atoms with van der Waals surface area (Å²) in [6.45, 7) is 10.7. The maximum atomic E-state index is 13.2. The molecule has 2 heterocycles. The second kappa shape index (κ2) is 9.22. The molecular weight excluding hydrogens is 516 g/mol. The van der Waals surface area contributed by atoms with Crippen LogP contribution < -0.4 is 18.9 Å². The second-order valence-electron chi connectivity index (χ2n) is 11.7. The molecule has 1 spiro atoms. The summed E-state index contributed by atoms with van der Waals surface area (Å²) in [6.07, 6.45) is 0. The Morgan fingerprint density at radius 2 is 1.20 bits per heavy atom. The third-order valence-corrected chi connectivity index (χ3v) is 6.55. The first-order chi connectivity index (χ1) is 18.7. The maximum Gasteiger partial charge on any atom is 0.340 e. The van der Waals surface area contributed by atoms with Crippen LogP contribution in [0.2, 0.25) is 0 Å². The Morgan fingerprint density at radius 3 is 1.68 bits per heavy atom. The second-order valence-corrected chi connectivity index (χ2v) is 11.7. The highest BCUT2D eigenvalue weighted by Crippen LogP contribution is 2.57. The van der Waals surface area contributed by atoms with Gasteiger partial charge in [-0.3, -0.25) is 14.4 Å². The number of esters is 3. The molecule has 0 saturated heterocycles. The van der Waals surface area contributed by atoms with Gasteiger partial charge in [-0.25, -0.2) is 4.79 Å². The smallest absolute Gasteiger partial charge is 0.340 e. The topological polar surface area (TPSA) is 114 Å². The van der Waals surface area contributed by atoms with Crippen LogP contribution in [0.5, 0.6) is 28.7 Å². The first-order valence-corrected chi connectivity index (χ1v) is 12.6. The van der Waals surface area contributed by atoms with E-state index in [9.17, 15) is 19.2 Å². The van der Waals surface area contributed by atoms with Gasteiger partial charge in [0.2, 0.25) is 0 Å². The van der Waals surface area contributed by atoms with E-state index in [4.69, 9.17) is 23.7 Å². The fourth-order valence-corrected chi connectivity index (χ4v) is 4.44. The molecule has 0 amide bonds. The van der Waals surface area contributed by atoms with Crippen molar-refractivity contribution in [1.29, 1.82) is 0 Å². The Hall–Kier alpha value is -4.66. The highest BCUT2D eigenvalue weighted by Gasteiger charge is 2.54. The first kappa shape index (κ1) is 26.9. The number of carbonyl (C=O) groups is 4. The quantitative estimate of drug-likeness (QED) is 0.232. The lowest BCUT2D eigenvalue weighted by atomic mass is 9.77. The Kier molecular flexibility index (Phi) is 6.21. The van der Waals surface area contributed by atoms with Gasteiger partial charge in [-0.05, 0) is 84.0 Å². The molecule has 0 fully saturated rings. The first-order valence-electron chi connectivity index (χ1n) is 12.6. The average Bonchev–Trinajstić information content (AvgIpc) is 3.15. The van der Waals surface area contributed by atoms with Gasteiger partial charge in [0.15, 0.2) is 5.60 Å². The van der Waals surface area contributed by atoms with Gasteiger partial charge in [-0.1, -0.05) is 0 Å². The predicted molar refractivity (Wildman–Crippen MR) is 142 cm³/mol. The van der Waals surface area contributed by atoms with Gasteiger partial charge in [0.25, 0.3) is 6.47 Å². The van der Waals surface area contributed by atoms with E-state index in [0.29, 0.717) is 16.7 Å². The molecule has 3 aromatic rings. The Morgan fingerprint density at radius 1 is 0.725 bits per heavy atom. The van der Waals surface area contributed by atoms with Crippen LogP contribution in [-0.4, -0.2) is 24.4 Å². The Balaban J connectivity index is 1.68. The highest BCUT2D eigenvalue weighted by atomic mass is 16.6. The van der Waals surface area contributed by atoms with Crippen LogP contribution in [-0.2, 0) is 24.7 Å². The van der Waals surface area contributed by atoms with E-state index in [2.05, 4.69) is 0 Å². The van der Waals surface area contributed by atoms with Crippen molar-refractivity contribution < 1.29 is 42.9 Å². The summed E-state index contributed by atoms with van der Waals surface area (Å²) in [5, 5.41) is 0. The molecule has 0 N–H and O–H groups in total. The van der Waals surface area contributed by atoms with Crippen LogP contribution in [0.3, 0.4) is 0 Å². The summed E-state index contributed by atoms with van der Waals surface area (Å²) >= 11 is 0. The van der Waals surface area contributed by atoms with Crippen LogP contribution in [0.1, 0.15) is 68.6 Å². The van der Waals surface area contributed by atoms with Crippen molar-refractivity contribution in [3.8, 4) is 28.7 Å². The molecular formula is C31H28O9. The zero-order chi connectivity index (χ0) is 29.0. The van der Waals surface area contributed by atoms with Gasteiger partial charge in [0, 0.05) is 28.8 Å². The molecule has 0 aliphatic carbocycles. The van der Waals surface area contributed by atoms with Crippen molar-refractivity contribution in [3.05, 3.63) is 76.9 Å². The van der Waals surface area contributed by atoms with Crippen molar-refractivity contribution in [2.24, 2.45) is 10.8 Å². The lowest BCUT2D eigenvalue weighted by Crippen LogP contribution is -2.33. The van der Waals surface area contributed by atoms with Crippen molar-refractivity contribution in [2.75, 3.05) is 0 Å². The lowest BCUT2D eigenvalue weighted by Gasteiger charge is -2.36. The van der Waals surface area contributed by atoms with E-state index in [-0.39, 0.29) is 40.8 Å². The minimum Gasteiger partial charge on any atom is -0.456 e. The molecule has 0 radical (unpaired) electrons. The number of hydrogen-bond acceptors (Lipinski definition) is 9. The molecule has 0 aromatic heterocycles. The number of fused-ring (bicyclic) bond motifs is 6. The van der Waals surface area contributed by atoms with E-state index in [1.54, 1.807) is 90.1 Å². The summed E-state index contributed by atoms with van der Waals surface area (Å²) in [5.41, 5.74) is -1.22. The summed E-state index contributed by atoms with van der Waals surface area (Å²) in [6, 6.07) is 14.3. The Labute approximate surface area is 230 Å². The van der Waals surface area contributed by atoms with Gasteiger partial charge in [-0.2, -0.15) is 0 Å². The summed E-state index contributed by atoms with van der Waals surface area (Å²) in [7, 11) is 0. The average molecular weight is 545 g/mol. The summed E-state index contributed by atoms with van der Waals surface area (Å²) in [4.78, 5) is 49.2. The number of benzene rings is 3. The maximum absolute atomic E-state index is 13.2. The van der Waals surface area contributed by atoms with E-state index in [1.807, 2.05) is 0 Å². The van der Waals surface area contributed by atoms with Gasteiger partial charge < -0.3 is 23.7 Å². The zero-order valence-corrected chi connectivity index (χ0v) is 22.9. The number of ether oxygens (including phenoxy) is 5. The standard InChI is InChI=1S/C31H28O9/c1-29(2,3)27(34)37-18-8-11-22-24(14-18)39-25-15-19(38-28(35)30(4,5)6)9-12-23(25)31(22)21-10-7-17(36-16-32)13-20(21)26(33)40-31/h7-16H,1-6H3. The fourth-order valence-electron chi connectivity index (χ4n) is 4.44. The highest BCUT2D eigenvalue weighted by molar-refractivity contribution is 5.97. The van der Waals surface area contributed by atoms with Crippen LogP contribution in [0.25, 0.3) is 0 Å². The van der Waals surface area contributed by atoms with Crippen LogP contribution in [0.15, 0.2) is 54.6 Å². The van der Waals surface area contributed by atoms with Gasteiger partial charge in [-0.15, -0.1) is 0 Å². The van der Waals surface area contributed by atoms with Crippen molar-refractivity contribution in [3.63, 3.8) is 0 Å². The molecule has 2 aliphatic heterocycles.